The van der Waals surface area contributed by atoms with Crippen LogP contribution in [0.15, 0.2) is 12.7 Å². The Morgan fingerprint density at radius 3 is 2.50 bits per heavy atom. The molecule has 0 bridgehead atoms. The van der Waals surface area contributed by atoms with Crippen molar-refractivity contribution in [1.82, 2.24) is 0 Å². The van der Waals surface area contributed by atoms with Gasteiger partial charge in [-0.05, 0) is 12.3 Å². The summed E-state index contributed by atoms with van der Waals surface area (Å²) in [5.74, 6) is -0.687. The Bertz CT molecular complexity index is 129. The van der Waals surface area contributed by atoms with Gasteiger partial charge in [-0.2, -0.15) is 0 Å². The van der Waals surface area contributed by atoms with E-state index in [2.05, 4.69) is 6.58 Å². The molecule has 58 valence electrons. The molecule has 0 aliphatic rings. The van der Waals surface area contributed by atoms with Crippen molar-refractivity contribution in [1.29, 1.82) is 0 Å². The second-order valence-corrected chi connectivity index (χ2v) is 2.69. The zero-order valence-electron chi connectivity index (χ0n) is 6.50. The third kappa shape index (κ3) is 3.28. The maximum absolute atomic E-state index is 10.3. The second-order valence-electron chi connectivity index (χ2n) is 2.69. The first-order chi connectivity index (χ1) is 4.57. The molecule has 0 aromatic carbocycles. The summed E-state index contributed by atoms with van der Waals surface area (Å²) in [6, 6.07) is 0. The fraction of sp³-hybridized carbons (Fsp3) is 0.625. The van der Waals surface area contributed by atoms with E-state index in [1.807, 2.05) is 6.92 Å². The molecule has 0 fully saturated rings. The molecule has 0 unspecified atom stereocenters. The minimum absolute atomic E-state index is 0.256. The fourth-order valence-electron chi connectivity index (χ4n) is 0.755. The summed E-state index contributed by atoms with van der Waals surface area (Å²) in [5, 5.41) is 8.49. The van der Waals surface area contributed by atoms with Crippen molar-refractivity contribution in [2.75, 3.05) is 0 Å². The standard InChI is InChI=1S/C8H14O2/c1-4-6(2)5-7(3)8(9)10/h4,6-7H,1,5H2,2-3H3,(H,9,10)/t6-,7+/m1/s1. The van der Waals surface area contributed by atoms with Gasteiger partial charge in [0.1, 0.15) is 0 Å². The molecule has 0 heterocycles. The highest BCUT2D eigenvalue weighted by atomic mass is 16.4. The van der Waals surface area contributed by atoms with Gasteiger partial charge >= 0.3 is 5.97 Å². The SMILES string of the molecule is C=C[C@@H](C)C[C@H](C)C(=O)O. The minimum atomic E-state index is -0.728. The van der Waals surface area contributed by atoms with Gasteiger partial charge in [-0.25, -0.2) is 0 Å². The largest absolute Gasteiger partial charge is 0.481 e. The number of hydrogen-bond donors (Lipinski definition) is 1. The van der Waals surface area contributed by atoms with Crippen molar-refractivity contribution in [2.24, 2.45) is 11.8 Å². The molecule has 0 aromatic rings. The van der Waals surface area contributed by atoms with Crippen LogP contribution in [0.1, 0.15) is 20.3 Å². The molecule has 1 N–H and O–H groups in total. The highest BCUT2D eigenvalue weighted by molar-refractivity contribution is 5.69. The average Bonchev–Trinajstić information content (AvgIpc) is 1.87. The van der Waals surface area contributed by atoms with Crippen LogP contribution in [0.5, 0.6) is 0 Å². The van der Waals surface area contributed by atoms with E-state index in [1.165, 1.54) is 0 Å². The van der Waals surface area contributed by atoms with Gasteiger partial charge in [0.25, 0.3) is 0 Å². The van der Waals surface area contributed by atoms with Gasteiger partial charge in [0.15, 0.2) is 0 Å². The molecule has 2 heteroatoms. The molecule has 0 saturated carbocycles. The summed E-state index contributed by atoms with van der Waals surface area (Å²) >= 11 is 0. The van der Waals surface area contributed by atoms with Gasteiger partial charge in [0.2, 0.25) is 0 Å². The fourth-order valence-corrected chi connectivity index (χ4v) is 0.755. The van der Waals surface area contributed by atoms with Crippen LogP contribution in [0.3, 0.4) is 0 Å². The zero-order valence-corrected chi connectivity index (χ0v) is 6.50. The third-order valence-electron chi connectivity index (χ3n) is 1.55. The predicted octanol–water partition coefficient (Wildman–Crippen LogP) is 1.92. The topological polar surface area (TPSA) is 37.3 Å². The lowest BCUT2D eigenvalue weighted by Crippen LogP contribution is -2.11. The number of allylic oxidation sites excluding steroid dienone is 1. The molecular weight excluding hydrogens is 128 g/mol. The van der Waals surface area contributed by atoms with Gasteiger partial charge < -0.3 is 5.11 Å². The Labute approximate surface area is 61.6 Å². The molecular formula is C8H14O2. The molecule has 0 amide bonds. The first-order valence-electron chi connectivity index (χ1n) is 3.43. The maximum atomic E-state index is 10.3. The molecule has 10 heavy (non-hydrogen) atoms. The Balaban J connectivity index is 3.67. The molecule has 0 aromatic heterocycles. The monoisotopic (exact) mass is 142 g/mol. The average molecular weight is 142 g/mol. The van der Waals surface area contributed by atoms with Gasteiger partial charge in [-0.15, -0.1) is 6.58 Å². The smallest absolute Gasteiger partial charge is 0.306 e. The van der Waals surface area contributed by atoms with Crippen molar-refractivity contribution in [3.63, 3.8) is 0 Å². The quantitative estimate of drug-likeness (QED) is 0.609. The van der Waals surface area contributed by atoms with Crippen molar-refractivity contribution in [3.8, 4) is 0 Å². The summed E-state index contributed by atoms with van der Waals surface area (Å²) in [6.07, 6.45) is 2.46. The van der Waals surface area contributed by atoms with Crippen LogP contribution < -0.4 is 0 Å². The van der Waals surface area contributed by atoms with Crippen LogP contribution in [0, 0.1) is 11.8 Å². The summed E-state index contributed by atoms with van der Waals surface area (Å²) in [5.41, 5.74) is 0. The van der Waals surface area contributed by atoms with Crippen LogP contribution >= 0.6 is 0 Å². The Morgan fingerprint density at radius 2 is 2.20 bits per heavy atom. The van der Waals surface area contributed by atoms with Crippen LogP contribution in [0.25, 0.3) is 0 Å². The summed E-state index contributed by atoms with van der Waals surface area (Å²) in [4.78, 5) is 10.3. The Morgan fingerprint density at radius 1 is 1.70 bits per heavy atom. The van der Waals surface area contributed by atoms with Crippen LogP contribution in [0.4, 0.5) is 0 Å². The van der Waals surface area contributed by atoms with E-state index in [9.17, 15) is 4.79 Å². The molecule has 0 rings (SSSR count). The van der Waals surface area contributed by atoms with E-state index in [0.717, 1.165) is 0 Å². The van der Waals surface area contributed by atoms with Crippen molar-refractivity contribution < 1.29 is 9.90 Å². The lowest BCUT2D eigenvalue weighted by atomic mass is 9.98. The van der Waals surface area contributed by atoms with Crippen molar-refractivity contribution in [2.45, 2.75) is 20.3 Å². The number of carbonyl (C=O) groups is 1. The number of rotatable bonds is 4. The lowest BCUT2D eigenvalue weighted by molar-refractivity contribution is -0.141. The zero-order chi connectivity index (χ0) is 8.15. The molecule has 0 aliphatic carbocycles. The summed E-state index contributed by atoms with van der Waals surface area (Å²) in [6.45, 7) is 7.26. The van der Waals surface area contributed by atoms with Crippen LogP contribution in [0.2, 0.25) is 0 Å². The first-order valence-corrected chi connectivity index (χ1v) is 3.43. The Kier molecular flexibility index (Phi) is 3.77. The predicted molar refractivity (Wildman–Crippen MR) is 40.8 cm³/mol. The van der Waals surface area contributed by atoms with E-state index >= 15 is 0 Å². The molecule has 0 radical (unpaired) electrons. The molecule has 0 aliphatic heterocycles. The second kappa shape index (κ2) is 4.09. The molecule has 2 nitrogen and oxygen atoms in total. The van der Waals surface area contributed by atoms with E-state index in [-0.39, 0.29) is 5.92 Å². The highest BCUT2D eigenvalue weighted by Gasteiger charge is 2.12. The maximum Gasteiger partial charge on any atom is 0.306 e. The van der Waals surface area contributed by atoms with E-state index < -0.39 is 5.97 Å². The van der Waals surface area contributed by atoms with E-state index in [4.69, 9.17) is 5.11 Å². The summed E-state index contributed by atoms with van der Waals surface area (Å²) in [7, 11) is 0. The number of aliphatic carboxylic acids is 1. The Hall–Kier alpha value is -0.790. The number of hydrogen-bond acceptors (Lipinski definition) is 1. The lowest BCUT2D eigenvalue weighted by Gasteiger charge is -2.08. The van der Waals surface area contributed by atoms with Crippen molar-refractivity contribution >= 4 is 5.97 Å². The van der Waals surface area contributed by atoms with Crippen molar-refractivity contribution in [3.05, 3.63) is 12.7 Å². The van der Waals surface area contributed by atoms with Gasteiger partial charge in [0, 0.05) is 0 Å². The minimum Gasteiger partial charge on any atom is -0.481 e. The van der Waals surface area contributed by atoms with Crippen LogP contribution in [-0.2, 0) is 4.79 Å². The van der Waals surface area contributed by atoms with E-state index in [1.54, 1.807) is 13.0 Å². The molecule has 2 atom stereocenters. The highest BCUT2D eigenvalue weighted by Crippen LogP contribution is 2.11. The van der Waals surface area contributed by atoms with Gasteiger partial charge in [-0.3, -0.25) is 4.79 Å². The summed E-state index contributed by atoms with van der Waals surface area (Å²) < 4.78 is 0. The molecule has 0 spiro atoms. The third-order valence-corrected chi connectivity index (χ3v) is 1.55. The first kappa shape index (κ1) is 9.21. The number of carboxylic acids is 1. The van der Waals surface area contributed by atoms with Crippen LogP contribution in [-0.4, -0.2) is 11.1 Å². The van der Waals surface area contributed by atoms with Gasteiger partial charge in [-0.1, -0.05) is 19.9 Å². The van der Waals surface area contributed by atoms with E-state index in [0.29, 0.717) is 12.3 Å². The number of carboxylic acid groups (broad SMARTS) is 1. The normalized spacial score (nSPS) is 15.8. The van der Waals surface area contributed by atoms with Gasteiger partial charge in [0.05, 0.1) is 5.92 Å². The molecule has 0 saturated heterocycles.